The van der Waals surface area contributed by atoms with E-state index in [1.807, 2.05) is 0 Å². The van der Waals surface area contributed by atoms with Crippen LogP contribution in [0.3, 0.4) is 0 Å². The third-order valence-corrected chi connectivity index (χ3v) is 8.62. The van der Waals surface area contributed by atoms with Crippen LogP contribution in [0.1, 0.15) is 57.8 Å². The SMILES string of the molecule is O=C(NCC1CCCN(S(=O)(=O)c2ccc(Cl)cc2Cl)C1)C1CCCCCCC1. The Kier molecular flexibility index (Phi) is 8.25. The summed E-state index contributed by atoms with van der Waals surface area (Å²) in [5.74, 6) is 0.348. The number of piperidine rings is 1. The lowest BCUT2D eigenvalue weighted by Crippen LogP contribution is -2.44. The molecular formula is C21H30Cl2N2O3S. The molecule has 0 spiro atoms. The highest BCUT2D eigenvalue weighted by Crippen LogP contribution is 2.30. The second kappa shape index (κ2) is 10.5. The number of hydrogen-bond donors (Lipinski definition) is 1. The molecule has 1 unspecified atom stereocenters. The first kappa shape index (κ1) is 22.9. The predicted octanol–water partition coefficient (Wildman–Crippen LogP) is 4.87. The number of nitrogens with one attached hydrogen (secondary N) is 1. The van der Waals surface area contributed by atoms with Gasteiger partial charge in [0.15, 0.2) is 0 Å². The van der Waals surface area contributed by atoms with Crippen molar-refractivity contribution in [3.8, 4) is 0 Å². The van der Waals surface area contributed by atoms with Crippen molar-refractivity contribution in [3.05, 3.63) is 28.2 Å². The Morgan fingerprint density at radius 2 is 1.72 bits per heavy atom. The van der Waals surface area contributed by atoms with Gasteiger partial charge in [0.1, 0.15) is 4.90 Å². The molecule has 0 bridgehead atoms. The summed E-state index contributed by atoms with van der Waals surface area (Å²) in [5, 5.41) is 3.64. The number of rotatable bonds is 5. The van der Waals surface area contributed by atoms with E-state index >= 15 is 0 Å². The Balaban J connectivity index is 1.58. The van der Waals surface area contributed by atoms with E-state index in [0.29, 0.717) is 24.7 Å². The van der Waals surface area contributed by atoms with Crippen LogP contribution in [-0.4, -0.2) is 38.3 Å². The summed E-state index contributed by atoms with van der Waals surface area (Å²) in [7, 11) is -3.68. The monoisotopic (exact) mass is 460 g/mol. The zero-order chi connectivity index (χ0) is 20.9. The first-order chi connectivity index (χ1) is 13.9. The molecule has 1 aromatic rings. The summed E-state index contributed by atoms with van der Waals surface area (Å²) >= 11 is 12.0. The highest BCUT2D eigenvalue weighted by Gasteiger charge is 2.32. The van der Waals surface area contributed by atoms with E-state index in [1.54, 1.807) is 0 Å². The Morgan fingerprint density at radius 3 is 2.41 bits per heavy atom. The number of amides is 1. The topological polar surface area (TPSA) is 66.5 Å². The number of nitrogens with zero attached hydrogens (tertiary/aromatic N) is 1. The molecule has 1 heterocycles. The minimum atomic E-state index is -3.68. The maximum Gasteiger partial charge on any atom is 0.244 e. The third-order valence-electron chi connectivity index (χ3n) is 6.03. The van der Waals surface area contributed by atoms with E-state index in [9.17, 15) is 13.2 Å². The van der Waals surface area contributed by atoms with Gasteiger partial charge in [-0.1, -0.05) is 55.3 Å². The smallest absolute Gasteiger partial charge is 0.244 e. The van der Waals surface area contributed by atoms with Gasteiger partial charge >= 0.3 is 0 Å². The third kappa shape index (κ3) is 6.09. The molecule has 1 atom stereocenters. The Labute approximate surface area is 184 Å². The fourth-order valence-electron chi connectivity index (χ4n) is 4.34. The van der Waals surface area contributed by atoms with Gasteiger partial charge in [0, 0.05) is 30.6 Å². The molecule has 1 aromatic carbocycles. The van der Waals surface area contributed by atoms with Crippen molar-refractivity contribution >= 4 is 39.1 Å². The molecule has 162 valence electrons. The summed E-state index contributed by atoms with van der Waals surface area (Å²) in [4.78, 5) is 12.7. The van der Waals surface area contributed by atoms with Gasteiger partial charge in [0.25, 0.3) is 0 Å². The molecule has 0 radical (unpaired) electrons. The number of sulfonamides is 1. The predicted molar refractivity (Wildman–Crippen MR) is 117 cm³/mol. The second-order valence-electron chi connectivity index (χ2n) is 8.23. The molecule has 5 nitrogen and oxygen atoms in total. The van der Waals surface area contributed by atoms with Crippen LogP contribution in [0.4, 0.5) is 0 Å². The van der Waals surface area contributed by atoms with E-state index in [1.165, 1.54) is 41.8 Å². The highest BCUT2D eigenvalue weighted by molar-refractivity contribution is 7.89. The number of hydrogen-bond acceptors (Lipinski definition) is 3. The van der Waals surface area contributed by atoms with Crippen LogP contribution in [0.2, 0.25) is 10.0 Å². The minimum absolute atomic E-state index is 0.0859. The van der Waals surface area contributed by atoms with Crippen LogP contribution >= 0.6 is 23.2 Å². The summed E-state index contributed by atoms with van der Waals surface area (Å²) in [6.07, 6.45) is 9.56. The van der Waals surface area contributed by atoms with E-state index < -0.39 is 10.0 Å². The van der Waals surface area contributed by atoms with Gasteiger partial charge in [-0.25, -0.2) is 8.42 Å². The van der Waals surface area contributed by atoms with Crippen molar-refractivity contribution in [3.63, 3.8) is 0 Å². The lowest BCUT2D eigenvalue weighted by molar-refractivity contribution is -0.125. The van der Waals surface area contributed by atoms with Gasteiger partial charge in [-0.15, -0.1) is 0 Å². The molecule has 29 heavy (non-hydrogen) atoms. The van der Waals surface area contributed by atoms with Gasteiger partial charge in [0.05, 0.1) is 5.02 Å². The zero-order valence-electron chi connectivity index (χ0n) is 16.7. The van der Waals surface area contributed by atoms with E-state index in [4.69, 9.17) is 23.2 Å². The van der Waals surface area contributed by atoms with Gasteiger partial charge in [-0.05, 0) is 49.8 Å². The number of benzene rings is 1. The summed E-state index contributed by atoms with van der Waals surface area (Å²) in [6.45, 7) is 1.39. The molecular weight excluding hydrogens is 431 g/mol. The molecule has 0 aromatic heterocycles. The Bertz CT molecular complexity index is 808. The molecule has 1 amide bonds. The van der Waals surface area contributed by atoms with Crippen molar-refractivity contribution in [2.24, 2.45) is 11.8 Å². The van der Waals surface area contributed by atoms with Crippen LogP contribution < -0.4 is 5.32 Å². The Morgan fingerprint density at radius 1 is 1.03 bits per heavy atom. The standard InChI is InChI=1S/C21H30Cl2N2O3S/c22-18-10-11-20(19(23)13-18)29(27,28)25-12-6-7-16(15-25)14-24-21(26)17-8-4-2-1-3-5-9-17/h10-11,13,16-17H,1-9,12,14-15H2,(H,24,26). The maximum atomic E-state index is 13.0. The molecule has 8 heteroatoms. The fraction of sp³-hybridized carbons (Fsp3) is 0.667. The minimum Gasteiger partial charge on any atom is -0.356 e. The van der Waals surface area contributed by atoms with Gasteiger partial charge in [-0.2, -0.15) is 4.31 Å². The maximum absolute atomic E-state index is 13.0. The Hall–Kier alpha value is -0.820. The van der Waals surface area contributed by atoms with Gasteiger partial charge < -0.3 is 5.32 Å². The molecule has 2 fully saturated rings. The normalized spacial score (nSPS) is 22.6. The number of carbonyl (C=O) groups excluding carboxylic acids is 1. The summed E-state index contributed by atoms with van der Waals surface area (Å²) in [6, 6.07) is 4.45. The molecule has 1 saturated heterocycles. The number of carbonyl (C=O) groups is 1. The van der Waals surface area contributed by atoms with Crippen molar-refractivity contribution in [1.82, 2.24) is 9.62 Å². The number of halogens is 2. The highest BCUT2D eigenvalue weighted by atomic mass is 35.5. The molecule has 3 rings (SSSR count). The summed E-state index contributed by atoms with van der Waals surface area (Å²) in [5.41, 5.74) is 0. The second-order valence-corrected chi connectivity index (χ2v) is 11.0. The lowest BCUT2D eigenvalue weighted by atomic mass is 9.90. The average Bonchev–Trinajstić information content (AvgIpc) is 2.66. The quantitative estimate of drug-likeness (QED) is 0.680. The van der Waals surface area contributed by atoms with Crippen LogP contribution in [0.15, 0.2) is 23.1 Å². The lowest BCUT2D eigenvalue weighted by Gasteiger charge is -2.32. The summed E-state index contributed by atoms with van der Waals surface area (Å²) < 4.78 is 27.5. The van der Waals surface area contributed by atoms with Crippen LogP contribution in [0.25, 0.3) is 0 Å². The van der Waals surface area contributed by atoms with Gasteiger partial charge in [-0.3, -0.25) is 4.79 Å². The van der Waals surface area contributed by atoms with E-state index in [0.717, 1.165) is 38.5 Å². The fourth-order valence-corrected chi connectivity index (χ4v) is 6.64. The first-order valence-electron chi connectivity index (χ1n) is 10.6. The van der Waals surface area contributed by atoms with Crippen molar-refractivity contribution in [1.29, 1.82) is 0 Å². The van der Waals surface area contributed by atoms with Crippen molar-refractivity contribution in [2.45, 2.75) is 62.7 Å². The van der Waals surface area contributed by atoms with Crippen LogP contribution in [-0.2, 0) is 14.8 Å². The van der Waals surface area contributed by atoms with E-state index in [2.05, 4.69) is 5.32 Å². The molecule has 2 aliphatic rings. The van der Waals surface area contributed by atoms with Crippen molar-refractivity contribution < 1.29 is 13.2 Å². The van der Waals surface area contributed by atoms with Crippen LogP contribution in [0, 0.1) is 11.8 Å². The molecule has 1 aliphatic carbocycles. The molecule has 1 aliphatic heterocycles. The average molecular weight is 461 g/mol. The largest absolute Gasteiger partial charge is 0.356 e. The van der Waals surface area contributed by atoms with E-state index in [-0.39, 0.29) is 27.7 Å². The van der Waals surface area contributed by atoms with Crippen LogP contribution in [0.5, 0.6) is 0 Å². The van der Waals surface area contributed by atoms with Gasteiger partial charge in [0.2, 0.25) is 15.9 Å². The molecule has 1 saturated carbocycles. The first-order valence-corrected chi connectivity index (χ1v) is 12.8. The van der Waals surface area contributed by atoms with Crippen molar-refractivity contribution in [2.75, 3.05) is 19.6 Å². The zero-order valence-corrected chi connectivity index (χ0v) is 19.0. The molecule has 1 N–H and O–H groups in total.